The Balaban J connectivity index is 1.60. The van der Waals surface area contributed by atoms with Gasteiger partial charge in [0, 0.05) is 11.1 Å². The van der Waals surface area contributed by atoms with Gasteiger partial charge in [0.25, 0.3) is 0 Å². The van der Waals surface area contributed by atoms with Crippen molar-refractivity contribution in [2.24, 2.45) is 0 Å². The van der Waals surface area contributed by atoms with Crippen molar-refractivity contribution in [1.82, 2.24) is 0 Å². The van der Waals surface area contributed by atoms with Gasteiger partial charge in [0.2, 0.25) is 0 Å². The molecule has 5 rings (SSSR count). The van der Waals surface area contributed by atoms with Crippen LogP contribution >= 0.6 is 47.0 Å². The quantitative estimate of drug-likeness (QED) is 0.161. The predicted octanol–water partition coefficient (Wildman–Crippen LogP) is 8.75. The molecule has 2 aliphatic heterocycles. The third-order valence-corrected chi connectivity index (χ3v) is 10.8. The van der Waals surface area contributed by atoms with Crippen LogP contribution in [0.1, 0.15) is 13.8 Å². The molecule has 3 aromatic carbocycles. The molecule has 0 N–H and O–H groups in total. The van der Waals surface area contributed by atoms with Crippen molar-refractivity contribution < 1.29 is 28.5 Å². The summed E-state index contributed by atoms with van der Waals surface area (Å²) in [7, 11) is 0. The highest BCUT2D eigenvalue weighted by atomic mass is 32.2. The van der Waals surface area contributed by atoms with Crippen LogP contribution in [0.2, 0.25) is 0 Å². The van der Waals surface area contributed by atoms with Crippen LogP contribution in [0.3, 0.4) is 0 Å². The predicted molar refractivity (Wildman–Crippen MR) is 153 cm³/mol. The number of hydrogen-bond acceptors (Lipinski definition) is 12. The van der Waals surface area contributed by atoms with Crippen LogP contribution in [0, 0.1) is 22.7 Å². The molecule has 3 aromatic rings. The molecular weight excluding hydrogens is 589 g/mol. The number of allylic oxidation sites excluding steroid dienone is 2. The number of benzene rings is 3. The fourth-order valence-corrected chi connectivity index (χ4v) is 8.55. The van der Waals surface area contributed by atoms with Crippen molar-refractivity contribution in [3.05, 3.63) is 80.3 Å². The Morgan fingerprint density at radius 1 is 0.575 bits per heavy atom. The van der Waals surface area contributed by atoms with Crippen LogP contribution in [0.15, 0.2) is 99.9 Å². The highest BCUT2D eigenvalue weighted by molar-refractivity contribution is 8.25. The molecule has 0 spiro atoms. The molecule has 0 aliphatic carbocycles. The van der Waals surface area contributed by atoms with Crippen molar-refractivity contribution in [1.29, 1.82) is 10.5 Å². The molecule has 0 atom stereocenters. The van der Waals surface area contributed by atoms with E-state index in [9.17, 15) is 20.1 Å². The molecule has 0 saturated carbocycles. The lowest BCUT2D eigenvalue weighted by Gasteiger charge is -2.16. The first-order valence-electron chi connectivity index (χ1n) is 11.4. The fourth-order valence-electron chi connectivity index (χ4n) is 3.36. The number of carbonyl (C=O) groups is 2. The number of ether oxygens (including phenoxy) is 4. The lowest BCUT2D eigenvalue weighted by atomic mass is 10.3. The van der Waals surface area contributed by atoms with Gasteiger partial charge in [0.1, 0.15) is 11.5 Å². The summed E-state index contributed by atoms with van der Waals surface area (Å²) in [4.78, 5) is 27.7. The summed E-state index contributed by atoms with van der Waals surface area (Å²) in [6.45, 7) is 3.34. The minimum absolute atomic E-state index is 0.186. The van der Waals surface area contributed by atoms with E-state index in [1.807, 2.05) is 0 Å². The Morgan fingerprint density at radius 3 is 1.20 bits per heavy atom. The lowest BCUT2D eigenvalue weighted by molar-refractivity contribution is 0.144. The SMILES string of the molecule is CC(C#N)=C1Sc2c(OC(=O)Oc3ccccc3)c3c(c(OC(=O)Oc4ccccc4)c2S1)SC(=C(C)C#N)S3. The van der Waals surface area contributed by atoms with Crippen molar-refractivity contribution in [3.8, 4) is 35.1 Å². The van der Waals surface area contributed by atoms with Crippen LogP contribution < -0.4 is 18.9 Å². The molecule has 0 fully saturated rings. The van der Waals surface area contributed by atoms with Gasteiger partial charge >= 0.3 is 12.3 Å². The summed E-state index contributed by atoms with van der Waals surface area (Å²) in [5.41, 5.74) is 0.895. The largest absolute Gasteiger partial charge is 0.519 e. The summed E-state index contributed by atoms with van der Waals surface area (Å²) < 4.78 is 23.5. The maximum absolute atomic E-state index is 12.9. The number of rotatable bonds is 4. The van der Waals surface area contributed by atoms with Gasteiger partial charge in [-0.3, -0.25) is 0 Å². The van der Waals surface area contributed by atoms with E-state index in [0.717, 1.165) is 0 Å². The van der Waals surface area contributed by atoms with Gasteiger partial charge in [-0.2, -0.15) is 10.5 Å². The first-order valence-corrected chi connectivity index (χ1v) is 14.7. The van der Waals surface area contributed by atoms with E-state index in [2.05, 4.69) is 12.1 Å². The Morgan fingerprint density at radius 2 is 0.900 bits per heavy atom. The second kappa shape index (κ2) is 12.1. The molecule has 40 heavy (non-hydrogen) atoms. The van der Waals surface area contributed by atoms with E-state index in [4.69, 9.17) is 18.9 Å². The highest BCUT2D eigenvalue weighted by Crippen LogP contribution is 2.68. The van der Waals surface area contributed by atoms with E-state index in [-0.39, 0.29) is 11.5 Å². The molecule has 0 saturated heterocycles. The minimum atomic E-state index is -0.965. The topological polar surface area (TPSA) is 119 Å². The van der Waals surface area contributed by atoms with Crippen molar-refractivity contribution >= 4 is 59.4 Å². The smallest absolute Gasteiger partial charge is 0.395 e. The summed E-state index contributed by atoms with van der Waals surface area (Å²) in [5, 5.41) is 19.1. The fraction of sp³-hybridized carbons (Fsp3) is 0.0714. The number of para-hydroxylation sites is 2. The Labute approximate surface area is 246 Å². The highest BCUT2D eigenvalue weighted by Gasteiger charge is 2.39. The van der Waals surface area contributed by atoms with Crippen LogP contribution in [-0.2, 0) is 0 Å². The first kappa shape index (κ1) is 27.6. The first-order chi connectivity index (χ1) is 19.4. The van der Waals surface area contributed by atoms with Crippen LogP contribution in [0.4, 0.5) is 9.59 Å². The third-order valence-electron chi connectivity index (χ3n) is 5.22. The maximum atomic E-state index is 12.9. The second-order valence-electron chi connectivity index (χ2n) is 7.97. The summed E-state index contributed by atoms with van der Waals surface area (Å²) in [6.07, 6.45) is -1.93. The average molecular weight is 605 g/mol. The van der Waals surface area contributed by atoms with Gasteiger partial charge in [-0.1, -0.05) is 83.4 Å². The molecule has 8 nitrogen and oxygen atoms in total. The normalized spacial score (nSPS) is 12.9. The van der Waals surface area contributed by atoms with E-state index >= 15 is 0 Å². The monoisotopic (exact) mass is 604 g/mol. The summed E-state index contributed by atoms with van der Waals surface area (Å²) in [6, 6.07) is 21.2. The molecule has 0 bridgehead atoms. The second-order valence-corrected chi connectivity index (χ2v) is 12.6. The number of nitrogens with zero attached hydrogens (tertiary/aromatic N) is 2. The molecule has 0 amide bonds. The number of thioether (sulfide) groups is 4. The number of fused-ring (bicyclic) bond motifs is 2. The molecule has 2 aliphatic rings. The van der Waals surface area contributed by atoms with Crippen molar-refractivity contribution in [2.75, 3.05) is 0 Å². The zero-order valence-electron chi connectivity index (χ0n) is 20.8. The van der Waals surface area contributed by atoms with Gasteiger partial charge in [-0.05, 0) is 38.1 Å². The molecule has 12 heteroatoms. The number of carbonyl (C=O) groups excluding carboxylic acids is 2. The van der Waals surface area contributed by atoms with Gasteiger partial charge < -0.3 is 18.9 Å². The van der Waals surface area contributed by atoms with Crippen LogP contribution in [0.5, 0.6) is 23.0 Å². The van der Waals surface area contributed by atoms with Crippen LogP contribution in [0.25, 0.3) is 0 Å². The molecule has 198 valence electrons. The number of hydrogen-bond donors (Lipinski definition) is 0. The van der Waals surface area contributed by atoms with Gasteiger partial charge in [0.15, 0.2) is 11.5 Å². The van der Waals surface area contributed by atoms with Crippen molar-refractivity contribution in [2.45, 2.75) is 33.4 Å². The Kier molecular flexibility index (Phi) is 8.33. The van der Waals surface area contributed by atoms with E-state index < -0.39 is 12.3 Å². The maximum Gasteiger partial charge on any atom is 0.519 e. The molecule has 0 aromatic heterocycles. The zero-order valence-corrected chi connectivity index (χ0v) is 24.0. The molecule has 0 unspecified atom stereocenters. The van der Waals surface area contributed by atoms with E-state index in [1.54, 1.807) is 74.5 Å². The standard InChI is InChI=1S/C28H16N2O6S4/c1-15(13-29)25-37-21-19(35-27(31)33-17-9-5-3-6-10-17)23-24(40-26(39-23)16(2)14-30)20(22(21)38-25)36-28(32)34-18-11-7-4-8-12-18/h3-12H,1-2H3. The van der Waals surface area contributed by atoms with Crippen LogP contribution in [-0.4, -0.2) is 12.3 Å². The van der Waals surface area contributed by atoms with Gasteiger partial charge in [0.05, 0.1) is 40.2 Å². The summed E-state index contributed by atoms with van der Waals surface area (Å²) in [5.74, 6) is 0.975. The van der Waals surface area contributed by atoms with E-state index in [1.165, 1.54) is 47.0 Å². The molecule has 0 radical (unpaired) electrons. The minimum Gasteiger partial charge on any atom is -0.395 e. The van der Waals surface area contributed by atoms with E-state index in [0.29, 0.717) is 50.7 Å². The van der Waals surface area contributed by atoms with Gasteiger partial charge in [-0.15, -0.1) is 0 Å². The Hall–Kier alpha value is -3.94. The summed E-state index contributed by atoms with van der Waals surface area (Å²) >= 11 is 4.89. The molecule has 2 heterocycles. The zero-order chi connectivity index (χ0) is 28.2. The van der Waals surface area contributed by atoms with Gasteiger partial charge in [-0.25, -0.2) is 9.59 Å². The van der Waals surface area contributed by atoms with Crippen molar-refractivity contribution in [3.63, 3.8) is 0 Å². The number of nitriles is 2. The lowest BCUT2D eigenvalue weighted by Crippen LogP contribution is -2.16. The average Bonchev–Trinajstić information content (AvgIpc) is 3.61. The third kappa shape index (κ3) is 5.81. The molecular formula is C28H16N2O6S4. The Bertz CT molecular complexity index is 1510.